The molecule has 1 fully saturated rings. The van der Waals surface area contributed by atoms with Gasteiger partial charge in [-0.05, 0) is 50.1 Å². The van der Waals surface area contributed by atoms with Gasteiger partial charge in [-0.25, -0.2) is 0 Å². The molecule has 0 aliphatic heterocycles. The molecule has 0 heterocycles. The third-order valence-corrected chi connectivity index (χ3v) is 6.63. The van der Waals surface area contributed by atoms with Crippen molar-refractivity contribution in [3.63, 3.8) is 0 Å². The number of aliphatic hydroxyl groups is 2. The summed E-state index contributed by atoms with van der Waals surface area (Å²) in [5, 5.41) is 24.5. The van der Waals surface area contributed by atoms with E-state index < -0.39 is 6.10 Å². The molecule has 1 amide bonds. The standard InChI is InChI=1S/C26H38N2O3/c1-18-6-4-7-19(12-18)14-22(29)9-10-23-24-15-20(13-21(24)16-25(23)30)17-27-11-5-8-26(31)28(2)3/h4,6-7,9-10,12-13,21-25,27,29-30H,5,8,11,14-17H2,1-3H3/b10-9+/t21-,22-,23+,24-,25+/m0/s1. The van der Waals surface area contributed by atoms with Crippen molar-refractivity contribution in [2.45, 2.75) is 51.2 Å². The van der Waals surface area contributed by atoms with E-state index in [0.717, 1.165) is 37.9 Å². The van der Waals surface area contributed by atoms with E-state index in [4.69, 9.17) is 0 Å². The van der Waals surface area contributed by atoms with Gasteiger partial charge in [0, 0.05) is 39.4 Å². The lowest BCUT2D eigenvalue weighted by Crippen LogP contribution is -2.24. The average Bonchev–Trinajstić information content (AvgIpc) is 3.22. The molecule has 0 unspecified atom stereocenters. The molecule has 5 atom stereocenters. The zero-order valence-corrected chi connectivity index (χ0v) is 19.1. The first kappa shape index (κ1) is 23.7. The van der Waals surface area contributed by atoms with Crippen molar-refractivity contribution in [3.8, 4) is 0 Å². The maximum Gasteiger partial charge on any atom is 0.222 e. The van der Waals surface area contributed by atoms with E-state index in [1.165, 1.54) is 11.1 Å². The number of amides is 1. The number of aryl methyl sites for hydroxylation is 1. The van der Waals surface area contributed by atoms with Gasteiger partial charge in [0.15, 0.2) is 0 Å². The maximum absolute atomic E-state index is 11.6. The van der Waals surface area contributed by atoms with Crippen LogP contribution in [0, 0.1) is 24.7 Å². The molecule has 1 aromatic carbocycles. The number of carbonyl (C=O) groups is 1. The monoisotopic (exact) mass is 426 g/mol. The summed E-state index contributed by atoms with van der Waals surface area (Å²) in [6.07, 6.45) is 9.20. The number of rotatable bonds is 10. The van der Waals surface area contributed by atoms with Crippen LogP contribution < -0.4 is 5.32 Å². The van der Waals surface area contributed by atoms with Gasteiger partial charge in [0.2, 0.25) is 5.91 Å². The minimum atomic E-state index is -0.534. The van der Waals surface area contributed by atoms with E-state index in [-0.39, 0.29) is 17.9 Å². The van der Waals surface area contributed by atoms with Crippen LogP contribution in [0.25, 0.3) is 0 Å². The van der Waals surface area contributed by atoms with Gasteiger partial charge < -0.3 is 20.4 Å². The number of hydrogen-bond acceptors (Lipinski definition) is 4. The second-order valence-corrected chi connectivity index (χ2v) is 9.45. The Labute approximate surface area is 186 Å². The molecule has 170 valence electrons. The number of carbonyl (C=O) groups excluding carboxylic acids is 1. The normalized spacial score (nSPS) is 26.2. The molecule has 1 aromatic rings. The molecule has 1 saturated carbocycles. The Morgan fingerprint density at radius 3 is 2.90 bits per heavy atom. The van der Waals surface area contributed by atoms with E-state index >= 15 is 0 Å². The molecule has 0 radical (unpaired) electrons. The van der Waals surface area contributed by atoms with Crippen LogP contribution in [0.4, 0.5) is 0 Å². The van der Waals surface area contributed by atoms with Gasteiger partial charge in [0.1, 0.15) is 0 Å². The number of nitrogens with zero attached hydrogens (tertiary/aromatic N) is 1. The number of aliphatic hydroxyl groups excluding tert-OH is 2. The van der Waals surface area contributed by atoms with Crippen molar-refractivity contribution in [1.29, 1.82) is 0 Å². The Kier molecular flexibility index (Phi) is 8.47. The molecule has 3 rings (SSSR count). The molecule has 3 N–H and O–H groups in total. The van der Waals surface area contributed by atoms with Gasteiger partial charge in [-0.2, -0.15) is 0 Å². The average molecular weight is 427 g/mol. The summed E-state index contributed by atoms with van der Waals surface area (Å²) in [7, 11) is 3.58. The van der Waals surface area contributed by atoms with E-state index in [1.807, 2.05) is 24.3 Å². The number of hydrogen-bond donors (Lipinski definition) is 3. The first-order chi connectivity index (χ1) is 14.8. The van der Waals surface area contributed by atoms with E-state index in [9.17, 15) is 15.0 Å². The Bertz CT molecular complexity index is 802. The summed E-state index contributed by atoms with van der Waals surface area (Å²) in [5.74, 6) is 1.11. The topological polar surface area (TPSA) is 72.8 Å². The first-order valence-electron chi connectivity index (χ1n) is 11.5. The van der Waals surface area contributed by atoms with E-state index in [2.05, 4.69) is 30.4 Å². The van der Waals surface area contributed by atoms with Crippen LogP contribution in [0.2, 0.25) is 0 Å². The molecule has 2 aliphatic rings. The van der Waals surface area contributed by atoms with Crippen molar-refractivity contribution in [3.05, 3.63) is 59.2 Å². The Morgan fingerprint density at radius 1 is 1.35 bits per heavy atom. The zero-order chi connectivity index (χ0) is 22.4. The molecule has 0 aromatic heterocycles. The molecule has 0 bridgehead atoms. The van der Waals surface area contributed by atoms with Crippen LogP contribution in [0.5, 0.6) is 0 Å². The summed E-state index contributed by atoms with van der Waals surface area (Å²) in [4.78, 5) is 13.3. The largest absolute Gasteiger partial charge is 0.392 e. The van der Waals surface area contributed by atoms with Crippen molar-refractivity contribution in [2.75, 3.05) is 27.2 Å². The van der Waals surface area contributed by atoms with Crippen molar-refractivity contribution < 1.29 is 15.0 Å². The lowest BCUT2D eigenvalue weighted by atomic mass is 9.89. The van der Waals surface area contributed by atoms with Crippen LogP contribution in [-0.4, -0.2) is 60.4 Å². The smallest absolute Gasteiger partial charge is 0.222 e. The minimum absolute atomic E-state index is 0.101. The second kappa shape index (κ2) is 11.1. The van der Waals surface area contributed by atoms with E-state index in [0.29, 0.717) is 24.7 Å². The van der Waals surface area contributed by atoms with Crippen LogP contribution >= 0.6 is 0 Å². The van der Waals surface area contributed by atoms with Gasteiger partial charge in [-0.15, -0.1) is 0 Å². The summed E-state index contributed by atoms with van der Waals surface area (Å²) < 4.78 is 0. The van der Waals surface area contributed by atoms with Gasteiger partial charge in [0.05, 0.1) is 12.2 Å². The Hall–Kier alpha value is -1.95. The molecular formula is C26H38N2O3. The fraction of sp³-hybridized carbons (Fsp3) is 0.577. The van der Waals surface area contributed by atoms with Gasteiger partial charge in [-0.3, -0.25) is 4.79 Å². The summed E-state index contributed by atoms with van der Waals surface area (Å²) in [6, 6.07) is 8.23. The fourth-order valence-corrected chi connectivity index (χ4v) is 4.98. The molecule has 0 spiro atoms. The van der Waals surface area contributed by atoms with Crippen molar-refractivity contribution >= 4 is 5.91 Å². The number of allylic oxidation sites excluding steroid dienone is 1. The molecule has 2 aliphatic carbocycles. The lowest BCUT2D eigenvalue weighted by Gasteiger charge is -2.19. The molecule has 5 heteroatoms. The Morgan fingerprint density at radius 2 is 2.16 bits per heavy atom. The van der Waals surface area contributed by atoms with Crippen LogP contribution in [0.15, 0.2) is 48.1 Å². The third-order valence-electron chi connectivity index (χ3n) is 6.63. The van der Waals surface area contributed by atoms with Crippen LogP contribution in [-0.2, 0) is 11.2 Å². The van der Waals surface area contributed by atoms with Crippen LogP contribution in [0.3, 0.4) is 0 Å². The summed E-state index contributed by atoms with van der Waals surface area (Å²) in [5.41, 5.74) is 3.73. The van der Waals surface area contributed by atoms with Gasteiger partial charge in [0.25, 0.3) is 0 Å². The van der Waals surface area contributed by atoms with Gasteiger partial charge in [-0.1, -0.05) is 53.6 Å². The lowest BCUT2D eigenvalue weighted by molar-refractivity contribution is -0.128. The third kappa shape index (κ3) is 6.76. The Balaban J connectivity index is 1.44. The van der Waals surface area contributed by atoms with Crippen molar-refractivity contribution in [1.82, 2.24) is 10.2 Å². The number of nitrogens with one attached hydrogen (secondary N) is 1. The minimum Gasteiger partial charge on any atom is -0.392 e. The highest BCUT2D eigenvalue weighted by Crippen LogP contribution is 2.47. The molecule has 0 saturated heterocycles. The SMILES string of the molecule is Cc1cccc(C[C@@H](O)/C=C/[C@@H]2[C@H]3CC(CNCCCC(=O)N(C)C)=C[C@H]3C[C@H]2O)c1. The van der Waals surface area contributed by atoms with Crippen LogP contribution in [0.1, 0.15) is 36.8 Å². The van der Waals surface area contributed by atoms with Gasteiger partial charge >= 0.3 is 0 Å². The molecule has 31 heavy (non-hydrogen) atoms. The number of fused-ring (bicyclic) bond motifs is 1. The predicted molar refractivity (Wildman–Crippen MR) is 125 cm³/mol. The maximum atomic E-state index is 11.6. The highest BCUT2D eigenvalue weighted by atomic mass is 16.3. The summed E-state index contributed by atoms with van der Waals surface area (Å²) >= 11 is 0. The van der Waals surface area contributed by atoms with Crippen molar-refractivity contribution in [2.24, 2.45) is 17.8 Å². The first-order valence-corrected chi connectivity index (χ1v) is 11.5. The summed E-state index contributed by atoms with van der Waals surface area (Å²) in [6.45, 7) is 3.75. The highest BCUT2D eigenvalue weighted by molar-refractivity contribution is 5.75. The van der Waals surface area contributed by atoms with E-state index in [1.54, 1.807) is 19.0 Å². The highest BCUT2D eigenvalue weighted by Gasteiger charge is 2.43. The molecule has 5 nitrogen and oxygen atoms in total. The zero-order valence-electron chi connectivity index (χ0n) is 19.1. The molecular weight excluding hydrogens is 388 g/mol. The second-order valence-electron chi connectivity index (χ2n) is 9.45. The number of benzene rings is 1. The fourth-order valence-electron chi connectivity index (χ4n) is 4.98. The predicted octanol–water partition coefficient (Wildman–Crippen LogP) is 2.86. The quantitative estimate of drug-likeness (QED) is 0.397.